The third-order valence-electron chi connectivity index (χ3n) is 7.18. The van der Waals surface area contributed by atoms with Crippen LogP contribution in [0.5, 0.6) is 5.75 Å². The van der Waals surface area contributed by atoms with E-state index < -0.39 is 16.1 Å². The van der Waals surface area contributed by atoms with Crippen LogP contribution in [-0.4, -0.2) is 68.8 Å². The Bertz CT molecular complexity index is 1170. The third kappa shape index (κ3) is 5.90. The highest BCUT2D eigenvalue weighted by molar-refractivity contribution is 7.89. The molecule has 2 aromatic rings. The number of rotatable bonds is 7. The van der Waals surface area contributed by atoms with E-state index in [1.54, 1.807) is 48.5 Å². The van der Waals surface area contributed by atoms with Crippen molar-refractivity contribution in [2.75, 3.05) is 33.3 Å². The topological polar surface area (TPSA) is 96.0 Å². The molecule has 0 radical (unpaired) electrons. The van der Waals surface area contributed by atoms with Crippen molar-refractivity contribution in [3.63, 3.8) is 0 Å². The van der Waals surface area contributed by atoms with Crippen LogP contribution in [-0.2, 0) is 14.8 Å². The minimum Gasteiger partial charge on any atom is -0.497 e. The first-order valence-corrected chi connectivity index (χ1v) is 14.0. The van der Waals surface area contributed by atoms with E-state index in [4.69, 9.17) is 4.74 Å². The fraction of sp³-hybridized carbons (Fsp3) is 0.481. The summed E-state index contributed by atoms with van der Waals surface area (Å²) in [6, 6.07) is 13.0. The number of carbonyl (C=O) groups is 2. The number of benzene rings is 2. The normalized spacial score (nSPS) is 18.4. The highest BCUT2D eigenvalue weighted by atomic mass is 32.2. The van der Waals surface area contributed by atoms with Crippen LogP contribution in [0.3, 0.4) is 0 Å². The molecule has 1 unspecified atom stereocenters. The van der Waals surface area contributed by atoms with Crippen molar-refractivity contribution in [1.82, 2.24) is 14.5 Å². The molecule has 0 saturated carbocycles. The Morgan fingerprint density at radius 3 is 2.28 bits per heavy atom. The lowest BCUT2D eigenvalue weighted by Gasteiger charge is -2.38. The Labute approximate surface area is 213 Å². The predicted octanol–water partition coefficient (Wildman–Crippen LogP) is 3.22. The molecule has 0 aromatic heterocycles. The number of sulfonamides is 1. The molecule has 2 fully saturated rings. The van der Waals surface area contributed by atoms with Crippen LogP contribution >= 0.6 is 0 Å². The summed E-state index contributed by atoms with van der Waals surface area (Å²) in [5, 5.41) is 2.99. The SMILES string of the molecule is COc1cccc(C(=O)NC(C(=O)N2CCCCC2)C2CCN(S(=O)(=O)c3ccc(C)cc3)CC2)c1. The summed E-state index contributed by atoms with van der Waals surface area (Å²) < 4.78 is 33.0. The number of piperidine rings is 2. The zero-order valence-electron chi connectivity index (χ0n) is 21.0. The Morgan fingerprint density at radius 2 is 1.64 bits per heavy atom. The highest BCUT2D eigenvalue weighted by Crippen LogP contribution is 2.28. The maximum Gasteiger partial charge on any atom is 0.252 e. The maximum atomic E-state index is 13.6. The van der Waals surface area contributed by atoms with Crippen LogP contribution in [0.25, 0.3) is 0 Å². The molecule has 1 atom stereocenters. The van der Waals surface area contributed by atoms with Gasteiger partial charge in [0.15, 0.2) is 0 Å². The van der Waals surface area contributed by atoms with E-state index in [2.05, 4.69) is 5.32 Å². The van der Waals surface area contributed by atoms with E-state index in [9.17, 15) is 18.0 Å². The van der Waals surface area contributed by atoms with Crippen LogP contribution in [0.4, 0.5) is 0 Å². The molecule has 0 bridgehead atoms. The fourth-order valence-electron chi connectivity index (χ4n) is 4.99. The van der Waals surface area contributed by atoms with Crippen molar-refractivity contribution in [3.05, 3.63) is 59.7 Å². The Morgan fingerprint density at radius 1 is 0.972 bits per heavy atom. The minimum absolute atomic E-state index is 0.0780. The van der Waals surface area contributed by atoms with Gasteiger partial charge in [0.25, 0.3) is 5.91 Å². The molecule has 194 valence electrons. The standard InChI is InChI=1S/C27H35N3O5S/c1-20-9-11-24(12-10-20)36(33,34)30-17-13-21(14-18-30)25(27(32)29-15-4-3-5-16-29)28-26(31)22-7-6-8-23(19-22)35-2/h6-12,19,21,25H,3-5,13-18H2,1-2H3,(H,28,31). The molecule has 1 N–H and O–H groups in total. The number of nitrogens with zero attached hydrogens (tertiary/aromatic N) is 2. The molecule has 2 saturated heterocycles. The zero-order valence-corrected chi connectivity index (χ0v) is 21.8. The monoisotopic (exact) mass is 513 g/mol. The first kappa shape index (κ1) is 26.2. The molecule has 9 heteroatoms. The van der Waals surface area contributed by atoms with Gasteiger partial charge < -0.3 is 15.0 Å². The van der Waals surface area contributed by atoms with Crippen LogP contribution in [0.1, 0.15) is 48.0 Å². The van der Waals surface area contributed by atoms with Crippen LogP contribution in [0.15, 0.2) is 53.4 Å². The van der Waals surface area contributed by atoms with Gasteiger partial charge >= 0.3 is 0 Å². The molecule has 2 amide bonds. The van der Waals surface area contributed by atoms with E-state index in [0.717, 1.165) is 24.8 Å². The van der Waals surface area contributed by atoms with Crippen molar-refractivity contribution < 1.29 is 22.7 Å². The lowest BCUT2D eigenvalue weighted by Crippen LogP contribution is -2.55. The van der Waals surface area contributed by atoms with Crippen LogP contribution in [0.2, 0.25) is 0 Å². The number of hydrogen-bond donors (Lipinski definition) is 1. The van der Waals surface area contributed by atoms with E-state index in [1.807, 2.05) is 11.8 Å². The van der Waals surface area contributed by atoms with Gasteiger partial charge in [-0.25, -0.2) is 8.42 Å². The van der Waals surface area contributed by atoms with Gasteiger partial charge in [0.05, 0.1) is 12.0 Å². The summed E-state index contributed by atoms with van der Waals surface area (Å²) in [4.78, 5) is 28.8. The number of aryl methyl sites for hydroxylation is 1. The van der Waals surface area contributed by atoms with E-state index in [0.29, 0.717) is 50.3 Å². The summed E-state index contributed by atoms with van der Waals surface area (Å²) in [5.74, 6) is -0.000571. The third-order valence-corrected chi connectivity index (χ3v) is 9.09. The molecule has 8 nitrogen and oxygen atoms in total. The van der Waals surface area contributed by atoms with E-state index >= 15 is 0 Å². The first-order chi connectivity index (χ1) is 17.3. The molecule has 4 rings (SSSR count). The second kappa shape index (κ2) is 11.4. The van der Waals surface area contributed by atoms with Crippen LogP contribution < -0.4 is 10.1 Å². The molecule has 2 aromatic carbocycles. The number of likely N-dealkylation sites (tertiary alicyclic amines) is 1. The smallest absolute Gasteiger partial charge is 0.252 e. The first-order valence-electron chi connectivity index (χ1n) is 12.6. The zero-order chi connectivity index (χ0) is 25.7. The van der Waals surface area contributed by atoms with Gasteiger partial charge in [-0.15, -0.1) is 0 Å². The second-order valence-electron chi connectivity index (χ2n) is 9.62. The van der Waals surface area contributed by atoms with E-state index in [1.165, 1.54) is 11.4 Å². The Kier molecular flexibility index (Phi) is 8.31. The molecule has 0 spiro atoms. The molecule has 2 aliphatic heterocycles. The Balaban J connectivity index is 1.50. The molecule has 0 aliphatic carbocycles. The summed E-state index contributed by atoms with van der Waals surface area (Å²) in [5.41, 5.74) is 1.42. The number of carbonyl (C=O) groups excluding carboxylic acids is 2. The lowest BCUT2D eigenvalue weighted by atomic mass is 9.88. The lowest BCUT2D eigenvalue weighted by molar-refractivity contribution is -0.135. The number of nitrogens with one attached hydrogen (secondary N) is 1. The van der Waals surface area contributed by atoms with E-state index in [-0.39, 0.29) is 22.6 Å². The van der Waals surface area contributed by atoms with Crippen molar-refractivity contribution in [2.45, 2.75) is 50.0 Å². The molecular weight excluding hydrogens is 478 g/mol. The summed E-state index contributed by atoms with van der Waals surface area (Å²) >= 11 is 0. The number of amides is 2. The summed E-state index contributed by atoms with van der Waals surface area (Å²) in [7, 11) is -2.07. The largest absolute Gasteiger partial charge is 0.497 e. The maximum absolute atomic E-state index is 13.6. The quantitative estimate of drug-likeness (QED) is 0.613. The van der Waals surface area contributed by atoms with Gasteiger partial charge in [0.2, 0.25) is 15.9 Å². The van der Waals surface area contributed by atoms with Crippen molar-refractivity contribution in [2.24, 2.45) is 5.92 Å². The average molecular weight is 514 g/mol. The minimum atomic E-state index is -3.61. The van der Waals surface area contributed by atoms with Gasteiger partial charge in [0.1, 0.15) is 11.8 Å². The molecule has 2 aliphatic rings. The summed E-state index contributed by atoms with van der Waals surface area (Å²) in [6.45, 7) is 3.90. The highest BCUT2D eigenvalue weighted by Gasteiger charge is 2.38. The number of ether oxygens (including phenoxy) is 1. The van der Waals surface area contributed by atoms with Gasteiger partial charge in [-0.3, -0.25) is 9.59 Å². The molecular formula is C27H35N3O5S. The molecule has 36 heavy (non-hydrogen) atoms. The van der Waals surface area contributed by atoms with Crippen molar-refractivity contribution >= 4 is 21.8 Å². The van der Waals surface area contributed by atoms with Gasteiger partial charge in [-0.2, -0.15) is 4.31 Å². The van der Waals surface area contributed by atoms with Crippen molar-refractivity contribution in [1.29, 1.82) is 0 Å². The number of hydrogen-bond acceptors (Lipinski definition) is 5. The Hall–Kier alpha value is -2.91. The predicted molar refractivity (Wildman–Crippen MR) is 137 cm³/mol. The second-order valence-corrected chi connectivity index (χ2v) is 11.6. The van der Waals surface area contributed by atoms with Gasteiger partial charge in [-0.05, 0) is 75.3 Å². The fourth-order valence-corrected chi connectivity index (χ4v) is 6.46. The van der Waals surface area contributed by atoms with Gasteiger partial charge in [0, 0.05) is 31.7 Å². The van der Waals surface area contributed by atoms with Crippen LogP contribution in [0, 0.1) is 12.8 Å². The average Bonchev–Trinajstić information content (AvgIpc) is 2.92. The van der Waals surface area contributed by atoms with Crippen molar-refractivity contribution in [3.8, 4) is 5.75 Å². The molecule has 2 heterocycles. The van der Waals surface area contributed by atoms with Gasteiger partial charge in [-0.1, -0.05) is 23.8 Å². The number of methoxy groups -OCH3 is 1. The summed E-state index contributed by atoms with van der Waals surface area (Å²) in [6.07, 6.45) is 3.99.